The van der Waals surface area contributed by atoms with Crippen LogP contribution in [0.2, 0.25) is 0 Å². The zero-order valence-corrected chi connectivity index (χ0v) is 10.5. The van der Waals surface area contributed by atoms with Crippen molar-refractivity contribution in [1.29, 1.82) is 0 Å². The van der Waals surface area contributed by atoms with Gasteiger partial charge in [0.05, 0.1) is 10.7 Å². The first-order valence-electron chi connectivity index (χ1n) is 6.12. The van der Waals surface area contributed by atoms with E-state index in [1.807, 2.05) is 0 Å². The van der Waals surface area contributed by atoms with Crippen LogP contribution in [0.15, 0.2) is 0 Å². The Bertz CT molecular complexity index is 461. The monoisotopic (exact) mass is 251 g/mol. The molecule has 17 heavy (non-hydrogen) atoms. The molecule has 3 rings (SSSR count). The first-order chi connectivity index (χ1) is 8.16. The van der Waals surface area contributed by atoms with Crippen molar-refractivity contribution in [3.63, 3.8) is 0 Å². The molecule has 2 aliphatic carbocycles. The first kappa shape index (κ1) is 10.9. The van der Waals surface area contributed by atoms with Gasteiger partial charge < -0.3 is 16.8 Å². The van der Waals surface area contributed by atoms with E-state index in [4.69, 9.17) is 11.5 Å². The largest absolute Gasteiger partial charge is 0.397 e. The molecule has 1 aromatic heterocycles. The molecule has 4 nitrogen and oxygen atoms in total. The Morgan fingerprint density at radius 1 is 1.35 bits per heavy atom. The Morgan fingerprint density at radius 3 is 2.59 bits per heavy atom. The summed E-state index contributed by atoms with van der Waals surface area (Å²) in [7, 11) is 0. The van der Waals surface area contributed by atoms with Gasteiger partial charge in [0.15, 0.2) is 0 Å². The number of primary amides is 1. The summed E-state index contributed by atoms with van der Waals surface area (Å²) in [5.41, 5.74) is 13.1. The molecule has 0 bridgehead atoms. The van der Waals surface area contributed by atoms with E-state index in [0.717, 1.165) is 23.0 Å². The van der Waals surface area contributed by atoms with Gasteiger partial charge in [-0.05, 0) is 37.5 Å². The first-order valence-corrected chi connectivity index (χ1v) is 6.94. The normalized spacial score (nSPS) is 19.3. The van der Waals surface area contributed by atoms with Gasteiger partial charge in [0, 0.05) is 12.1 Å². The lowest BCUT2D eigenvalue weighted by Gasteiger charge is -2.06. The third-order valence-electron chi connectivity index (χ3n) is 3.44. The maximum absolute atomic E-state index is 11.3. The maximum atomic E-state index is 11.3. The van der Waals surface area contributed by atoms with Gasteiger partial charge in [-0.25, -0.2) is 0 Å². The maximum Gasteiger partial charge on any atom is 0.260 e. The van der Waals surface area contributed by atoms with Gasteiger partial charge in [0.25, 0.3) is 5.91 Å². The molecule has 1 aromatic rings. The van der Waals surface area contributed by atoms with Crippen molar-refractivity contribution >= 4 is 27.9 Å². The van der Waals surface area contributed by atoms with E-state index in [1.54, 1.807) is 0 Å². The van der Waals surface area contributed by atoms with Crippen LogP contribution in [0.3, 0.4) is 0 Å². The highest BCUT2D eigenvalue weighted by molar-refractivity contribution is 7.18. The van der Waals surface area contributed by atoms with Crippen molar-refractivity contribution in [2.24, 2.45) is 11.7 Å². The number of anilines is 2. The summed E-state index contributed by atoms with van der Waals surface area (Å²) in [5.74, 6) is 0.942. The quantitative estimate of drug-likeness (QED) is 0.749. The Kier molecular flexibility index (Phi) is 2.50. The molecule has 5 N–H and O–H groups in total. The van der Waals surface area contributed by atoms with Crippen molar-refractivity contribution in [1.82, 2.24) is 0 Å². The van der Waals surface area contributed by atoms with Crippen molar-refractivity contribution in [2.45, 2.75) is 31.6 Å². The van der Waals surface area contributed by atoms with Gasteiger partial charge in [0.2, 0.25) is 0 Å². The van der Waals surface area contributed by atoms with Crippen LogP contribution in [-0.2, 0) is 0 Å². The van der Waals surface area contributed by atoms with Crippen molar-refractivity contribution in [2.75, 3.05) is 17.6 Å². The molecule has 2 saturated carbocycles. The number of carbonyl (C=O) groups excluding carboxylic acids is 1. The van der Waals surface area contributed by atoms with Crippen molar-refractivity contribution in [3.05, 3.63) is 10.4 Å². The minimum Gasteiger partial charge on any atom is -0.397 e. The molecule has 0 radical (unpaired) electrons. The van der Waals surface area contributed by atoms with E-state index in [9.17, 15) is 4.79 Å². The summed E-state index contributed by atoms with van der Waals surface area (Å²) < 4.78 is 0. The van der Waals surface area contributed by atoms with Crippen LogP contribution < -0.4 is 16.8 Å². The number of nitrogens with one attached hydrogen (secondary N) is 1. The van der Waals surface area contributed by atoms with Crippen LogP contribution in [0.1, 0.15) is 46.8 Å². The summed E-state index contributed by atoms with van der Waals surface area (Å²) in [6, 6.07) is 0. The van der Waals surface area contributed by atoms with E-state index in [2.05, 4.69) is 5.32 Å². The number of carbonyl (C=O) groups is 1. The molecule has 1 amide bonds. The molecule has 0 unspecified atom stereocenters. The Morgan fingerprint density at radius 2 is 2.06 bits per heavy atom. The highest BCUT2D eigenvalue weighted by Gasteiger charge is 2.33. The fraction of sp³-hybridized carbons (Fsp3) is 0.583. The van der Waals surface area contributed by atoms with Crippen LogP contribution in [0.25, 0.3) is 0 Å². The van der Waals surface area contributed by atoms with E-state index in [0.29, 0.717) is 16.5 Å². The summed E-state index contributed by atoms with van der Waals surface area (Å²) in [5, 5.41) is 4.52. The lowest BCUT2D eigenvalue weighted by molar-refractivity contribution is 0.100. The highest BCUT2D eigenvalue weighted by atomic mass is 32.1. The third kappa shape index (κ3) is 2.11. The zero-order valence-electron chi connectivity index (χ0n) is 9.66. The number of amides is 1. The van der Waals surface area contributed by atoms with Gasteiger partial charge in [-0.2, -0.15) is 0 Å². The van der Waals surface area contributed by atoms with Crippen LogP contribution in [-0.4, -0.2) is 12.5 Å². The average Bonchev–Trinajstić information content (AvgIpc) is 3.16. The van der Waals surface area contributed by atoms with Crippen LogP contribution >= 0.6 is 11.3 Å². The minimum absolute atomic E-state index is 0.408. The number of hydrogen-bond acceptors (Lipinski definition) is 4. The second-order valence-electron chi connectivity index (χ2n) is 5.05. The Balaban J connectivity index is 1.87. The Hall–Kier alpha value is -1.23. The lowest BCUT2D eigenvalue weighted by Crippen LogP contribution is -2.11. The van der Waals surface area contributed by atoms with Gasteiger partial charge in [-0.1, -0.05) is 0 Å². The average molecular weight is 251 g/mol. The van der Waals surface area contributed by atoms with Gasteiger partial charge in [-0.15, -0.1) is 11.3 Å². The number of thiophene rings is 1. The second kappa shape index (κ2) is 3.91. The smallest absolute Gasteiger partial charge is 0.260 e. The standard InChI is InChI=1S/C12H17N3OS/c13-9-8(7-3-4-7)12(15-5-6-1-2-6)17-10(9)11(14)16/h6-7,15H,1-5,13H2,(H2,14,16). The molecule has 2 fully saturated rings. The number of rotatable bonds is 5. The van der Waals surface area contributed by atoms with Crippen molar-refractivity contribution in [3.8, 4) is 0 Å². The molecule has 0 saturated heterocycles. The third-order valence-corrected chi connectivity index (χ3v) is 4.63. The molecule has 0 atom stereocenters. The summed E-state index contributed by atoms with van der Waals surface area (Å²) in [6.45, 7) is 0.998. The van der Waals surface area contributed by atoms with Gasteiger partial charge >= 0.3 is 0 Å². The molecule has 2 aliphatic rings. The lowest BCUT2D eigenvalue weighted by atomic mass is 10.1. The van der Waals surface area contributed by atoms with E-state index < -0.39 is 5.91 Å². The Labute approximate surface area is 104 Å². The van der Waals surface area contributed by atoms with E-state index in [-0.39, 0.29) is 0 Å². The van der Waals surface area contributed by atoms with Gasteiger partial charge in [0.1, 0.15) is 4.88 Å². The van der Waals surface area contributed by atoms with E-state index in [1.165, 1.54) is 37.0 Å². The predicted molar refractivity (Wildman–Crippen MR) is 70.4 cm³/mol. The highest BCUT2D eigenvalue weighted by Crippen LogP contribution is 2.50. The van der Waals surface area contributed by atoms with Gasteiger partial charge in [-0.3, -0.25) is 4.79 Å². The SMILES string of the molecule is NC(=O)c1sc(NCC2CC2)c(C2CC2)c1N. The fourth-order valence-electron chi connectivity index (χ4n) is 2.11. The topological polar surface area (TPSA) is 81.1 Å². The van der Waals surface area contributed by atoms with Crippen LogP contribution in [0.4, 0.5) is 10.7 Å². The number of nitrogens with two attached hydrogens (primary N) is 2. The number of hydrogen-bond donors (Lipinski definition) is 3. The molecular formula is C12H17N3OS. The summed E-state index contributed by atoms with van der Waals surface area (Å²) in [4.78, 5) is 11.8. The molecule has 0 aliphatic heterocycles. The van der Waals surface area contributed by atoms with E-state index >= 15 is 0 Å². The second-order valence-corrected chi connectivity index (χ2v) is 6.07. The zero-order chi connectivity index (χ0) is 12.0. The fourth-order valence-corrected chi connectivity index (χ4v) is 3.17. The summed E-state index contributed by atoms with van der Waals surface area (Å²) in [6.07, 6.45) is 4.99. The molecule has 92 valence electrons. The molecule has 0 spiro atoms. The summed E-state index contributed by atoms with van der Waals surface area (Å²) >= 11 is 1.42. The number of nitrogen functional groups attached to an aromatic ring is 1. The van der Waals surface area contributed by atoms with Crippen LogP contribution in [0, 0.1) is 5.92 Å². The minimum atomic E-state index is -0.408. The molecule has 0 aromatic carbocycles. The van der Waals surface area contributed by atoms with Crippen molar-refractivity contribution < 1.29 is 4.79 Å². The predicted octanol–water partition coefficient (Wildman–Crippen LogP) is 2.13. The van der Waals surface area contributed by atoms with Crippen LogP contribution in [0.5, 0.6) is 0 Å². The molecule has 5 heteroatoms. The molecule has 1 heterocycles. The molecular weight excluding hydrogens is 234 g/mol.